The van der Waals surface area contributed by atoms with Crippen LogP contribution in [-0.2, 0) is 0 Å². The van der Waals surface area contributed by atoms with Crippen LogP contribution in [0.1, 0.15) is 13.8 Å². The van der Waals surface area contributed by atoms with Gasteiger partial charge in [-0.1, -0.05) is 12.1 Å². The fraction of sp³-hybridized carbons (Fsp3) is 0.188. The summed E-state index contributed by atoms with van der Waals surface area (Å²) in [5.41, 5.74) is 2.20. The van der Waals surface area contributed by atoms with E-state index in [1.165, 1.54) is 4.70 Å². The predicted molar refractivity (Wildman–Crippen MR) is 80.8 cm³/mol. The van der Waals surface area contributed by atoms with E-state index in [1.54, 1.807) is 11.3 Å². The summed E-state index contributed by atoms with van der Waals surface area (Å²) < 4.78 is 6.87. The van der Waals surface area contributed by atoms with Crippen molar-refractivity contribution in [3.63, 3.8) is 0 Å². The second-order valence-corrected chi connectivity index (χ2v) is 5.71. The lowest BCUT2D eigenvalue weighted by Crippen LogP contribution is -2.05. The van der Waals surface area contributed by atoms with Gasteiger partial charge in [0.1, 0.15) is 10.8 Å². The fourth-order valence-corrected chi connectivity index (χ4v) is 2.92. The van der Waals surface area contributed by atoms with Crippen molar-refractivity contribution in [3.05, 3.63) is 48.5 Å². The highest BCUT2D eigenvalue weighted by Gasteiger charge is 2.06. The van der Waals surface area contributed by atoms with Crippen LogP contribution in [0.15, 0.2) is 48.5 Å². The third-order valence-corrected chi connectivity index (χ3v) is 3.85. The lowest BCUT2D eigenvalue weighted by Gasteiger charge is -2.09. The second-order valence-electron chi connectivity index (χ2n) is 4.68. The smallest absolute Gasteiger partial charge is 0.124 e. The maximum atomic E-state index is 5.65. The molecule has 2 nitrogen and oxygen atoms in total. The van der Waals surface area contributed by atoms with E-state index in [9.17, 15) is 0 Å². The van der Waals surface area contributed by atoms with Crippen molar-refractivity contribution < 1.29 is 4.74 Å². The monoisotopic (exact) mass is 269 g/mol. The van der Waals surface area contributed by atoms with Gasteiger partial charge in [0.15, 0.2) is 0 Å². The minimum Gasteiger partial charge on any atom is -0.491 e. The second kappa shape index (κ2) is 5.02. The summed E-state index contributed by atoms with van der Waals surface area (Å²) in [4.78, 5) is 4.65. The van der Waals surface area contributed by atoms with Gasteiger partial charge in [0.2, 0.25) is 0 Å². The van der Waals surface area contributed by atoms with E-state index in [4.69, 9.17) is 4.74 Å². The zero-order valence-electron chi connectivity index (χ0n) is 11.0. The van der Waals surface area contributed by atoms with E-state index < -0.39 is 0 Å². The fourth-order valence-electron chi connectivity index (χ4n) is 1.94. The molecule has 0 amide bonds. The molecule has 0 saturated carbocycles. The number of hydrogen-bond donors (Lipinski definition) is 0. The summed E-state index contributed by atoms with van der Waals surface area (Å²) in [7, 11) is 0. The quantitative estimate of drug-likeness (QED) is 0.684. The van der Waals surface area contributed by atoms with Crippen LogP contribution in [0.5, 0.6) is 5.75 Å². The van der Waals surface area contributed by atoms with Crippen molar-refractivity contribution in [2.75, 3.05) is 0 Å². The van der Waals surface area contributed by atoms with E-state index >= 15 is 0 Å². The maximum absolute atomic E-state index is 5.65. The van der Waals surface area contributed by atoms with E-state index in [2.05, 4.69) is 23.2 Å². The molecular formula is C16H15NOS. The third kappa shape index (κ3) is 2.61. The lowest BCUT2D eigenvalue weighted by molar-refractivity contribution is 0.242. The first kappa shape index (κ1) is 12.2. The molecule has 19 heavy (non-hydrogen) atoms. The maximum Gasteiger partial charge on any atom is 0.124 e. The molecule has 1 heterocycles. The van der Waals surface area contributed by atoms with Gasteiger partial charge < -0.3 is 4.74 Å². The van der Waals surface area contributed by atoms with Gasteiger partial charge in [0.25, 0.3) is 0 Å². The Bertz CT molecular complexity index is 652. The molecule has 3 aromatic rings. The number of fused-ring (bicyclic) bond motifs is 1. The summed E-state index contributed by atoms with van der Waals surface area (Å²) >= 11 is 1.72. The van der Waals surface area contributed by atoms with Crippen molar-refractivity contribution in [1.29, 1.82) is 0 Å². The summed E-state index contributed by atoms with van der Waals surface area (Å²) in [6, 6.07) is 16.3. The van der Waals surface area contributed by atoms with Gasteiger partial charge >= 0.3 is 0 Å². The number of rotatable bonds is 3. The summed E-state index contributed by atoms with van der Waals surface area (Å²) in [6.45, 7) is 4.06. The van der Waals surface area contributed by atoms with Gasteiger partial charge in [0.05, 0.1) is 16.3 Å². The van der Waals surface area contributed by atoms with Crippen molar-refractivity contribution >= 4 is 21.6 Å². The third-order valence-electron chi connectivity index (χ3n) is 2.77. The Morgan fingerprint density at radius 1 is 1.00 bits per heavy atom. The zero-order chi connectivity index (χ0) is 13.2. The van der Waals surface area contributed by atoms with Crippen LogP contribution in [-0.4, -0.2) is 11.1 Å². The van der Waals surface area contributed by atoms with Crippen LogP contribution in [0.3, 0.4) is 0 Å². The van der Waals surface area contributed by atoms with Crippen LogP contribution in [0.2, 0.25) is 0 Å². The number of aromatic nitrogens is 1. The molecule has 2 aromatic carbocycles. The Hall–Kier alpha value is -1.87. The molecule has 96 valence electrons. The number of hydrogen-bond acceptors (Lipinski definition) is 3. The topological polar surface area (TPSA) is 22.1 Å². The standard InChI is InChI=1S/C16H15NOS/c1-11(2)18-13-9-7-12(8-10-13)16-17-14-5-3-4-6-15(14)19-16/h3-11H,1-2H3. The number of thiazole rings is 1. The van der Waals surface area contributed by atoms with Gasteiger partial charge in [-0.2, -0.15) is 0 Å². The molecule has 0 aliphatic carbocycles. The van der Waals surface area contributed by atoms with Crippen LogP contribution < -0.4 is 4.74 Å². The Labute approximate surface area is 116 Å². The average molecular weight is 269 g/mol. The molecule has 0 saturated heterocycles. The Morgan fingerprint density at radius 3 is 2.42 bits per heavy atom. The molecular weight excluding hydrogens is 254 g/mol. The van der Waals surface area contributed by atoms with E-state index in [0.29, 0.717) is 0 Å². The highest BCUT2D eigenvalue weighted by molar-refractivity contribution is 7.21. The Morgan fingerprint density at radius 2 is 1.74 bits per heavy atom. The van der Waals surface area contributed by atoms with E-state index in [0.717, 1.165) is 21.8 Å². The van der Waals surface area contributed by atoms with Crippen LogP contribution in [0.4, 0.5) is 0 Å². The van der Waals surface area contributed by atoms with Gasteiger partial charge in [-0.25, -0.2) is 4.98 Å². The SMILES string of the molecule is CC(C)Oc1ccc(-c2nc3ccccc3s2)cc1. The summed E-state index contributed by atoms with van der Waals surface area (Å²) in [5.74, 6) is 0.903. The van der Waals surface area contributed by atoms with Crippen molar-refractivity contribution in [3.8, 4) is 16.3 Å². The number of benzene rings is 2. The molecule has 0 unspecified atom stereocenters. The first-order valence-corrected chi connectivity index (χ1v) is 7.17. The van der Waals surface area contributed by atoms with Crippen molar-refractivity contribution in [2.45, 2.75) is 20.0 Å². The number of ether oxygens (including phenoxy) is 1. The van der Waals surface area contributed by atoms with Gasteiger partial charge in [-0.3, -0.25) is 0 Å². The van der Waals surface area contributed by atoms with Crippen LogP contribution in [0, 0.1) is 0 Å². The highest BCUT2D eigenvalue weighted by Crippen LogP contribution is 2.30. The molecule has 1 aromatic heterocycles. The molecule has 0 aliphatic heterocycles. The molecule has 0 atom stereocenters. The largest absolute Gasteiger partial charge is 0.491 e. The number of nitrogens with zero attached hydrogens (tertiary/aromatic N) is 1. The summed E-state index contributed by atoms with van der Waals surface area (Å²) in [5, 5.41) is 1.05. The normalized spacial score (nSPS) is 11.1. The first-order valence-electron chi connectivity index (χ1n) is 6.35. The molecule has 0 radical (unpaired) electrons. The average Bonchev–Trinajstić information content (AvgIpc) is 2.82. The van der Waals surface area contributed by atoms with Gasteiger partial charge in [-0.15, -0.1) is 11.3 Å². The Balaban J connectivity index is 1.93. The van der Waals surface area contributed by atoms with E-state index in [-0.39, 0.29) is 6.10 Å². The molecule has 0 spiro atoms. The van der Waals surface area contributed by atoms with E-state index in [1.807, 2.05) is 44.2 Å². The number of para-hydroxylation sites is 1. The molecule has 0 aliphatic rings. The molecule has 0 fully saturated rings. The molecule has 0 bridgehead atoms. The summed E-state index contributed by atoms with van der Waals surface area (Å²) in [6.07, 6.45) is 0.202. The zero-order valence-corrected chi connectivity index (χ0v) is 11.8. The molecule has 0 N–H and O–H groups in total. The van der Waals surface area contributed by atoms with Crippen LogP contribution in [0.25, 0.3) is 20.8 Å². The van der Waals surface area contributed by atoms with Crippen molar-refractivity contribution in [1.82, 2.24) is 4.98 Å². The predicted octanol–water partition coefficient (Wildman–Crippen LogP) is 4.75. The lowest BCUT2D eigenvalue weighted by atomic mass is 10.2. The molecule has 3 rings (SSSR count). The minimum atomic E-state index is 0.202. The van der Waals surface area contributed by atoms with Gasteiger partial charge in [-0.05, 0) is 50.2 Å². The molecule has 3 heteroatoms. The first-order chi connectivity index (χ1) is 9.22. The van der Waals surface area contributed by atoms with Gasteiger partial charge in [0, 0.05) is 5.56 Å². The highest BCUT2D eigenvalue weighted by atomic mass is 32.1. The minimum absolute atomic E-state index is 0.202. The Kier molecular flexibility index (Phi) is 3.22. The van der Waals surface area contributed by atoms with Crippen LogP contribution >= 0.6 is 11.3 Å². The van der Waals surface area contributed by atoms with Crippen molar-refractivity contribution in [2.24, 2.45) is 0 Å².